The van der Waals surface area contributed by atoms with E-state index in [1.165, 1.54) is 51.4 Å². The molecule has 6 heterocycles. The lowest BCUT2D eigenvalue weighted by Crippen LogP contribution is -2.27. The van der Waals surface area contributed by atoms with Gasteiger partial charge in [0.05, 0.1) is 62.3 Å². The molecular formula is C58H149ClN8O14S2. The average Bonchev–Trinajstić information content (AvgIpc) is 1.59. The van der Waals surface area contributed by atoms with E-state index in [0.717, 1.165) is 34.1 Å². The van der Waals surface area contributed by atoms with Crippen LogP contribution in [0.5, 0.6) is 23.5 Å². The van der Waals surface area contributed by atoms with E-state index in [1.807, 2.05) is 0 Å². The van der Waals surface area contributed by atoms with E-state index in [0.29, 0.717) is 30.9 Å². The second-order valence-electron chi connectivity index (χ2n) is 22.3. The van der Waals surface area contributed by atoms with Crippen LogP contribution in [-0.4, -0.2) is 128 Å². The van der Waals surface area contributed by atoms with Crippen LogP contribution in [-0.2, 0) is 64.4 Å². The molecule has 2 aromatic carbocycles. The van der Waals surface area contributed by atoms with Crippen molar-refractivity contribution in [1.29, 1.82) is 0 Å². The van der Waals surface area contributed by atoms with Crippen molar-refractivity contribution in [3.05, 3.63) is 121 Å². The first kappa shape index (κ1) is 31.4. The molecule has 4 aromatic heterocycles. The number of hydrogen-bond donors (Lipinski definition) is 3. The molecule has 25 heteroatoms. The third-order valence-electron chi connectivity index (χ3n) is 13.8. The van der Waals surface area contributed by atoms with Crippen LogP contribution < -0.4 is 39.8 Å². The van der Waals surface area contributed by atoms with Crippen LogP contribution in [0.25, 0.3) is 0 Å². The Hall–Kier alpha value is -6.83. The largest absolute Gasteiger partial charge is 0.479 e. The average molecular weight is 1350 g/mol. The van der Waals surface area contributed by atoms with E-state index >= 15 is 0 Å². The van der Waals surface area contributed by atoms with Gasteiger partial charge < -0.3 is 58.1 Å². The molecule has 524 valence electrons. The molecule has 0 saturated carbocycles. The summed E-state index contributed by atoms with van der Waals surface area (Å²) < 4.78 is 449. The van der Waals surface area contributed by atoms with Crippen LogP contribution in [0, 0.1) is 13.8 Å². The molecule has 2 aliphatic heterocycles. The fraction of sp³-hybridized carbons (Fsp3) is 0.483. The lowest BCUT2D eigenvalue weighted by atomic mass is 9.86. The lowest BCUT2D eigenvalue weighted by molar-refractivity contribution is -0.105. The van der Waals surface area contributed by atoms with Crippen LogP contribution >= 0.6 is 11.6 Å². The van der Waals surface area contributed by atoms with Gasteiger partial charge in [-0.1, -0.05) is 24.3 Å². The number of benzene rings is 2. The highest BCUT2D eigenvalue weighted by atomic mass is 35.5. The Morgan fingerprint density at radius 3 is 1.28 bits per heavy atom. The van der Waals surface area contributed by atoms with Crippen LogP contribution in [0.1, 0.15) is 239 Å². The normalized spacial score (nSPS) is 18.6. The summed E-state index contributed by atoms with van der Waals surface area (Å²) in [6, 6.07) is 15.5. The number of halogens is 1. The summed E-state index contributed by atoms with van der Waals surface area (Å²) in [5.41, 5.74) is 7.96. The number of nitrogens with zero attached hydrogens (tertiary/aromatic N) is 5. The zero-order valence-corrected chi connectivity index (χ0v) is 52.9. The molecule has 0 aliphatic carbocycles. The summed E-state index contributed by atoms with van der Waals surface area (Å²) in [4.78, 5) is 44.2. The number of methoxy groups -OCH3 is 4. The second kappa shape index (κ2) is 25.6. The first-order valence-corrected chi connectivity index (χ1v) is 30.9. The van der Waals surface area contributed by atoms with E-state index in [1.54, 1.807) is 43.3 Å². The van der Waals surface area contributed by atoms with Gasteiger partial charge in [-0.25, -0.2) is 16.8 Å². The van der Waals surface area contributed by atoms with Gasteiger partial charge in [0, 0.05) is 152 Å². The van der Waals surface area contributed by atoms with Crippen LogP contribution in [0.3, 0.4) is 0 Å². The molecule has 3 N–H and O–H groups in total. The first-order chi connectivity index (χ1) is 74.5. The zero-order chi connectivity index (χ0) is 134. The molecule has 8 rings (SSSR count). The van der Waals surface area contributed by atoms with E-state index in [-0.39, 0.29) is 92.5 Å². The van der Waals surface area contributed by atoms with Crippen LogP contribution in [0.15, 0.2) is 57.4 Å². The first-order valence-electron chi connectivity index (χ1n) is 62.4. The van der Waals surface area contributed by atoms with Gasteiger partial charge in [0.1, 0.15) is 31.2 Å². The Morgan fingerprint density at radius 1 is 0.602 bits per heavy atom. The van der Waals surface area contributed by atoms with Crippen molar-refractivity contribution in [1.82, 2.24) is 25.3 Å². The highest BCUT2D eigenvalue weighted by Crippen LogP contribution is 2.49. The van der Waals surface area contributed by atoms with Crippen LogP contribution in [0.2, 0.25) is 5.28 Å². The molecule has 6 aromatic rings. The number of amides is 2. The van der Waals surface area contributed by atoms with Gasteiger partial charge in [-0.2, -0.15) is 19.9 Å². The molecule has 83 heavy (non-hydrogen) atoms. The quantitative estimate of drug-likeness (QED) is 0.0636. The summed E-state index contributed by atoms with van der Waals surface area (Å²) in [6.07, 6.45) is 3.43. The second-order valence-corrected chi connectivity index (χ2v) is 27.1. The number of anilines is 3. The molecule has 2 aliphatic rings. The SMILES string of the molecule is CNCCS(C)(=O)=O.COc1nc(Cl)nc(OC)c1NC(=O)c1ccc(Cc2cc3c(cc2C)C(C)(C)OC3(C)C)o1.COc1nc(N(C)CCS(C)(=O)=O)nc(OC)c1NC(=O)c1ccc(Cc2cc3c(cc2C)C(C)(C)OC3(C)C)o1.[2H][2H].[2H][2H].[2H][2H].[2H][2H].[2H][2H].[2H][2H].[2H][2H].[2H][2H].[2H][2H].[2H][2H].[2H][2H].[2H][2H].[2H][2H].[2H][2H].[2H][2H].[2H][2H].[2H][2H].[2H][2H].[2H][2H].[2H][2H].[2H][2H].[2H][2H].[2H][2H].[2H][2H].[2H][2H].[2H][2H].[2H][2H].[2H][2H].[2H][2H].[2H][2H].[2H][2H].[2H][2H].[2H][2H].[2H][2H].[2H][2H].[2H][2H]. The number of aryl methyl sites for hydroxylation is 2. The highest BCUT2D eigenvalue weighted by molar-refractivity contribution is 7.90. The minimum absolute atomic E-state index is 0.0553. The van der Waals surface area contributed by atoms with Gasteiger partial charge in [0.2, 0.25) is 34.8 Å². The van der Waals surface area contributed by atoms with Gasteiger partial charge in [0.25, 0.3) is 11.8 Å². The smallest absolute Gasteiger partial charge is 0.291 e. The third kappa shape index (κ3) is 16.1. The van der Waals surface area contributed by atoms with Crippen molar-refractivity contribution < 1.29 is 171 Å². The number of furan rings is 2. The fourth-order valence-corrected chi connectivity index (χ4v) is 11.1. The Labute approximate surface area is 602 Å². The molecule has 2 amide bonds. The summed E-state index contributed by atoms with van der Waals surface area (Å²) in [5.74, 6) is 1.11. The number of rotatable bonds is 19. The predicted molar refractivity (Wildman–Crippen MR) is 394 cm³/mol. The number of nitrogens with one attached hydrogen (secondary N) is 3. The minimum Gasteiger partial charge on any atom is -0.479 e. The molecule has 0 spiro atoms. The summed E-state index contributed by atoms with van der Waals surface area (Å²) >= 11 is 5.87. The van der Waals surface area contributed by atoms with Crippen molar-refractivity contribution in [2.24, 2.45) is 0 Å². The Balaban J connectivity index is -0.0000000417. The van der Waals surface area contributed by atoms with Gasteiger partial charge in [0.15, 0.2) is 22.9 Å². The number of ether oxygens (including phenoxy) is 6. The number of aromatic nitrogens is 4. The number of carbonyl (C=O) groups excluding carboxylic acids is 2. The maximum Gasteiger partial charge on any atom is 0.291 e. The topological polar surface area (TPSA) is 275 Å². The molecule has 0 saturated heterocycles. The molecular weight excluding hydrogens is 1130 g/mol. The molecule has 0 radical (unpaired) electrons. The Kier molecular flexibility index (Phi) is 9.66. The number of sulfone groups is 2. The molecule has 0 fully saturated rings. The van der Waals surface area contributed by atoms with Gasteiger partial charge >= 0.3 is 0 Å². The maximum atomic E-state index is 13.2. The van der Waals surface area contributed by atoms with E-state index in [2.05, 4.69) is 129 Å². The Morgan fingerprint density at radius 2 is 0.952 bits per heavy atom. The molecule has 0 atom stereocenters. The molecule has 0 unspecified atom stereocenters. The number of carbonyl (C=O) groups is 2. The number of hydrogen-bond acceptors (Lipinski definition) is 20. The number of fused-ring (bicyclic) bond motifs is 2. The van der Waals surface area contributed by atoms with E-state index < -0.39 is 37.1 Å². The Bertz CT molecular complexity index is 3700. The molecule has 22 nitrogen and oxygen atoms in total. The zero-order valence-electron chi connectivity index (χ0n) is 123. The van der Waals surface area contributed by atoms with Gasteiger partial charge in [-0.05, 0) is 157 Å². The lowest BCUT2D eigenvalue weighted by Gasteiger charge is -2.24. The standard InChI is InChI=1S/C29H38N4O7S.C25H28ClN3O5.C4H11NO2S.36H2/c1-17-14-20-21(29(4,5)40-28(20,2)3)16-18(17)15-19-10-11-22(39-19)24(34)30-23-25(37-7)31-27(32-26(23)38-8)33(6)12-13-41(9,35)36;1-13-10-16-17(25(4,5)34-24(16,2)3)12-14(13)11-15-8-9-18(33-15)20(30)27-19-21(31-6)28-23(26)29-22(19)32-7;1-5-3-4-8(2,6)7;;;;;;;;;;;;;;;;;;;;;;;;;;;;;;;;;;;;/h10-11,14,16H,12-13,15H2,1-9H3,(H,30,34);8-10,12H,11H2,1-7H3,(H,27,30);5H,3-4H2,1-2H3;36*1H/i;;;36*1+1D. The fourth-order valence-electron chi connectivity index (χ4n) is 9.76. The van der Waals surface area contributed by atoms with Crippen molar-refractivity contribution >= 4 is 60.4 Å². The summed E-state index contributed by atoms with van der Waals surface area (Å²) in [5, 5.41) is 8.09. The van der Waals surface area contributed by atoms with Crippen molar-refractivity contribution in [3.8, 4) is 23.5 Å². The van der Waals surface area contributed by atoms with Crippen LogP contribution in [0.4, 0.5) is 17.3 Å². The van der Waals surface area contributed by atoms with E-state index in [4.69, 9.17) is 156 Å². The maximum absolute atomic E-state index is 13.2. The highest BCUT2D eigenvalue weighted by Gasteiger charge is 2.44. The molecule has 0 bridgehead atoms. The van der Waals surface area contributed by atoms with Gasteiger partial charge in [-0.3, -0.25) is 9.59 Å². The summed E-state index contributed by atoms with van der Waals surface area (Å²) in [6.45, 7) is 21.5. The van der Waals surface area contributed by atoms with E-state index in [9.17, 15) is 26.4 Å². The summed E-state index contributed by atoms with van der Waals surface area (Å²) in [7, 11) is 3.06. The van der Waals surface area contributed by atoms with Gasteiger partial charge in [-0.15, -0.1) is 0 Å². The van der Waals surface area contributed by atoms with Crippen molar-refractivity contribution in [2.75, 3.05) is 95.2 Å². The van der Waals surface area contributed by atoms with Crippen molar-refractivity contribution in [2.45, 2.75) is 104 Å². The third-order valence-corrected chi connectivity index (χ3v) is 15.9. The predicted octanol–water partition coefficient (Wildman–Crippen LogP) is 17.7. The van der Waals surface area contributed by atoms with Crippen molar-refractivity contribution in [3.63, 3.8) is 0 Å². The monoisotopic (exact) mass is 1350 g/mol. The minimum atomic E-state index is -3.18.